The number of nitrogen functional groups attached to an aromatic ring is 1. The summed E-state index contributed by atoms with van der Waals surface area (Å²) >= 11 is 0. The zero-order valence-corrected chi connectivity index (χ0v) is 12.1. The summed E-state index contributed by atoms with van der Waals surface area (Å²) in [4.78, 5) is 4.09. The van der Waals surface area contributed by atoms with Gasteiger partial charge < -0.3 is 10.5 Å². The van der Waals surface area contributed by atoms with E-state index in [2.05, 4.69) is 23.9 Å². The lowest BCUT2D eigenvalue weighted by molar-refractivity contribution is 0.271. The second-order valence-electron chi connectivity index (χ2n) is 5.11. The maximum atomic E-state index is 5.73. The van der Waals surface area contributed by atoms with Crippen LogP contribution in [-0.4, -0.2) is 22.5 Å². The molecule has 0 saturated carbocycles. The van der Waals surface area contributed by atoms with Crippen molar-refractivity contribution in [2.75, 3.05) is 12.3 Å². The molecule has 0 aliphatic carbocycles. The number of aryl methyl sites for hydroxylation is 1. The molecule has 106 valence electrons. The Bertz CT molecular complexity index is 602. The fourth-order valence-electron chi connectivity index (χ4n) is 1.67. The van der Waals surface area contributed by atoms with Crippen molar-refractivity contribution < 1.29 is 4.74 Å². The van der Waals surface area contributed by atoms with E-state index in [1.165, 1.54) is 0 Å². The highest BCUT2D eigenvalue weighted by atomic mass is 16.5. The van der Waals surface area contributed by atoms with Gasteiger partial charge in [-0.05, 0) is 30.5 Å². The lowest BCUT2D eigenvalue weighted by Gasteiger charge is -2.08. The van der Waals surface area contributed by atoms with E-state index in [0.29, 0.717) is 18.5 Å². The van der Waals surface area contributed by atoms with E-state index in [0.717, 1.165) is 17.0 Å². The van der Waals surface area contributed by atoms with Crippen molar-refractivity contribution in [2.45, 2.75) is 20.8 Å². The molecule has 0 fully saturated rings. The van der Waals surface area contributed by atoms with E-state index in [4.69, 9.17) is 10.5 Å². The Kier molecular flexibility index (Phi) is 4.40. The predicted octanol–water partition coefficient (Wildman–Crippen LogP) is 2.69. The molecule has 1 aromatic carbocycles. The molecule has 0 saturated heterocycles. The molecule has 0 aliphatic rings. The van der Waals surface area contributed by atoms with E-state index in [9.17, 15) is 0 Å². The normalized spacial score (nSPS) is 11.4. The van der Waals surface area contributed by atoms with Crippen LogP contribution in [0.4, 0.5) is 5.95 Å². The molecule has 20 heavy (non-hydrogen) atoms. The number of nitrogens with zero attached hydrogens (tertiary/aromatic N) is 3. The average Bonchev–Trinajstić information content (AvgIpc) is 2.73. The van der Waals surface area contributed by atoms with Gasteiger partial charge in [0.15, 0.2) is 0 Å². The average molecular weight is 272 g/mol. The minimum absolute atomic E-state index is 0.381. The number of anilines is 1. The fourth-order valence-corrected chi connectivity index (χ4v) is 1.67. The molecule has 0 amide bonds. The monoisotopic (exact) mass is 272 g/mol. The molecule has 0 aliphatic heterocycles. The summed E-state index contributed by atoms with van der Waals surface area (Å²) < 4.78 is 7.24. The van der Waals surface area contributed by atoms with Crippen LogP contribution >= 0.6 is 0 Å². The Labute approximate surface area is 119 Å². The lowest BCUT2D eigenvalue weighted by Crippen LogP contribution is -2.04. The van der Waals surface area contributed by atoms with Crippen molar-refractivity contribution in [1.82, 2.24) is 9.66 Å². The Morgan fingerprint density at radius 1 is 1.45 bits per heavy atom. The summed E-state index contributed by atoms with van der Waals surface area (Å²) in [6, 6.07) is 7.80. The van der Waals surface area contributed by atoms with Crippen molar-refractivity contribution in [1.29, 1.82) is 0 Å². The Morgan fingerprint density at radius 2 is 2.25 bits per heavy atom. The number of benzene rings is 1. The topological polar surface area (TPSA) is 65.4 Å². The molecule has 2 rings (SSSR count). The highest BCUT2D eigenvalue weighted by molar-refractivity contribution is 5.80. The van der Waals surface area contributed by atoms with Crippen molar-refractivity contribution in [3.05, 3.63) is 41.7 Å². The number of nitrogens with two attached hydrogens (primary N) is 1. The maximum Gasteiger partial charge on any atom is 0.221 e. The van der Waals surface area contributed by atoms with Crippen LogP contribution in [0.3, 0.4) is 0 Å². The van der Waals surface area contributed by atoms with Crippen molar-refractivity contribution in [3.8, 4) is 5.75 Å². The van der Waals surface area contributed by atoms with Gasteiger partial charge in [-0.1, -0.05) is 26.0 Å². The quantitative estimate of drug-likeness (QED) is 0.851. The SMILES string of the molecule is Cc1cn(N=Cc2cccc(OCC(C)C)c2)c(N)n1. The van der Waals surface area contributed by atoms with Crippen LogP contribution in [0.1, 0.15) is 25.1 Å². The van der Waals surface area contributed by atoms with Gasteiger partial charge in [-0.25, -0.2) is 9.66 Å². The predicted molar refractivity (Wildman–Crippen MR) is 81.1 cm³/mol. The zero-order chi connectivity index (χ0) is 14.5. The zero-order valence-electron chi connectivity index (χ0n) is 12.1. The summed E-state index contributed by atoms with van der Waals surface area (Å²) in [6.45, 7) is 6.82. The van der Waals surface area contributed by atoms with Crippen LogP contribution in [0.15, 0.2) is 35.6 Å². The first kappa shape index (κ1) is 14.1. The molecular weight excluding hydrogens is 252 g/mol. The molecular formula is C15H20N4O. The van der Waals surface area contributed by atoms with Crippen LogP contribution < -0.4 is 10.5 Å². The molecule has 0 spiro atoms. The number of aromatic nitrogens is 2. The van der Waals surface area contributed by atoms with Gasteiger partial charge in [0.05, 0.1) is 24.7 Å². The summed E-state index contributed by atoms with van der Waals surface area (Å²) in [6.07, 6.45) is 3.52. The first-order valence-electron chi connectivity index (χ1n) is 6.63. The number of hydrogen-bond donors (Lipinski definition) is 1. The van der Waals surface area contributed by atoms with E-state index in [-0.39, 0.29) is 0 Å². The minimum Gasteiger partial charge on any atom is -0.493 e. The number of rotatable bonds is 5. The molecule has 5 nitrogen and oxygen atoms in total. The maximum absolute atomic E-state index is 5.73. The minimum atomic E-state index is 0.381. The molecule has 0 bridgehead atoms. The van der Waals surface area contributed by atoms with Crippen LogP contribution in [0.5, 0.6) is 5.75 Å². The number of imidazole rings is 1. The van der Waals surface area contributed by atoms with Crippen molar-refractivity contribution >= 4 is 12.2 Å². The van der Waals surface area contributed by atoms with E-state index in [1.54, 1.807) is 17.1 Å². The van der Waals surface area contributed by atoms with Gasteiger partial charge in [0.2, 0.25) is 5.95 Å². The molecule has 2 aromatic rings. The third kappa shape index (κ3) is 3.85. The first-order chi connectivity index (χ1) is 9.54. The highest BCUT2D eigenvalue weighted by Gasteiger charge is 2.00. The Hall–Kier alpha value is -2.30. The van der Waals surface area contributed by atoms with Gasteiger partial charge >= 0.3 is 0 Å². The molecule has 0 atom stereocenters. The molecule has 0 unspecified atom stereocenters. The first-order valence-corrected chi connectivity index (χ1v) is 6.63. The van der Waals surface area contributed by atoms with Crippen molar-refractivity contribution in [2.24, 2.45) is 11.0 Å². The second-order valence-corrected chi connectivity index (χ2v) is 5.11. The van der Waals surface area contributed by atoms with Crippen LogP contribution in [-0.2, 0) is 0 Å². The third-order valence-electron chi connectivity index (χ3n) is 2.61. The summed E-state index contributed by atoms with van der Waals surface area (Å²) in [7, 11) is 0. The second kappa shape index (κ2) is 6.23. The lowest BCUT2D eigenvalue weighted by atomic mass is 10.2. The van der Waals surface area contributed by atoms with Gasteiger partial charge in [0, 0.05) is 0 Å². The number of hydrogen-bond acceptors (Lipinski definition) is 4. The van der Waals surface area contributed by atoms with Gasteiger partial charge in [-0.2, -0.15) is 5.10 Å². The number of ether oxygens (including phenoxy) is 1. The van der Waals surface area contributed by atoms with Gasteiger partial charge in [0.25, 0.3) is 0 Å². The Balaban J connectivity index is 2.09. The molecule has 1 heterocycles. The smallest absolute Gasteiger partial charge is 0.221 e. The summed E-state index contributed by atoms with van der Waals surface area (Å²) in [5.41, 5.74) is 7.53. The van der Waals surface area contributed by atoms with Crippen LogP contribution in [0.25, 0.3) is 0 Å². The summed E-state index contributed by atoms with van der Waals surface area (Å²) in [5, 5.41) is 4.28. The van der Waals surface area contributed by atoms with Gasteiger partial charge in [-0.3, -0.25) is 0 Å². The van der Waals surface area contributed by atoms with E-state index < -0.39 is 0 Å². The van der Waals surface area contributed by atoms with Crippen molar-refractivity contribution in [3.63, 3.8) is 0 Å². The molecule has 0 radical (unpaired) electrons. The van der Waals surface area contributed by atoms with Gasteiger partial charge in [-0.15, -0.1) is 0 Å². The molecule has 1 aromatic heterocycles. The van der Waals surface area contributed by atoms with Crippen LogP contribution in [0, 0.1) is 12.8 Å². The Morgan fingerprint density at radius 3 is 2.90 bits per heavy atom. The van der Waals surface area contributed by atoms with E-state index in [1.807, 2.05) is 31.2 Å². The van der Waals surface area contributed by atoms with E-state index >= 15 is 0 Å². The highest BCUT2D eigenvalue weighted by Crippen LogP contribution is 2.13. The third-order valence-corrected chi connectivity index (χ3v) is 2.61. The largest absolute Gasteiger partial charge is 0.493 e. The van der Waals surface area contributed by atoms with Crippen LogP contribution in [0.2, 0.25) is 0 Å². The molecule has 5 heteroatoms. The fraction of sp³-hybridized carbons (Fsp3) is 0.333. The van der Waals surface area contributed by atoms with Gasteiger partial charge in [0.1, 0.15) is 5.75 Å². The molecule has 2 N–H and O–H groups in total. The standard InChI is InChI=1S/C15H20N4O/c1-11(2)10-20-14-6-4-5-13(7-14)8-17-19-9-12(3)18-15(19)16/h4-9,11H,10H2,1-3H3,(H2,16,18). The summed E-state index contributed by atoms with van der Waals surface area (Å²) in [5.74, 6) is 1.73.